The predicted octanol–water partition coefficient (Wildman–Crippen LogP) is 5.54. The maximum atomic E-state index is 13.0. The van der Waals surface area contributed by atoms with Crippen LogP contribution < -0.4 is 5.32 Å². The van der Waals surface area contributed by atoms with E-state index in [-0.39, 0.29) is 6.54 Å². The standard InChI is InChI=1S/C13H8Cl3F2N/c14-8-4-10(16)13(5-9(8)15)19-6-7-1-2-11(17)12(18)3-7/h1-5,19H,6H2. The fraction of sp³-hybridized carbons (Fsp3) is 0.0769. The van der Waals surface area contributed by atoms with Gasteiger partial charge in [-0.3, -0.25) is 0 Å². The Hall–Kier alpha value is -1.03. The van der Waals surface area contributed by atoms with Crippen molar-refractivity contribution < 1.29 is 8.78 Å². The van der Waals surface area contributed by atoms with Crippen molar-refractivity contribution >= 4 is 40.5 Å². The zero-order valence-corrected chi connectivity index (χ0v) is 11.8. The van der Waals surface area contributed by atoms with Crippen LogP contribution in [0.1, 0.15) is 5.56 Å². The summed E-state index contributed by atoms with van der Waals surface area (Å²) in [5.41, 5.74) is 1.15. The highest BCUT2D eigenvalue weighted by Crippen LogP contribution is 2.32. The Morgan fingerprint density at radius 1 is 0.842 bits per heavy atom. The molecular weight excluding hydrogens is 315 g/mol. The number of hydrogen-bond donors (Lipinski definition) is 1. The Bertz CT molecular complexity index is 617. The highest BCUT2D eigenvalue weighted by molar-refractivity contribution is 6.44. The Balaban J connectivity index is 2.14. The van der Waals surface area contributed by atoms with Crippen LogP contribution in [0, 0.1) is 11.6 Å². The summed E-state index contributed by atoms with van der Waals surface area (Å²) in [5, 5.41) is 4.09. The molecule has 1 N–H and O–H groups in total. The number of rotatable bonds is 3. The lowest BCUT2D eigenvalue weighted by Gasteiger charge is -2.10. The SMILES string of the molecule is Fc1ccc(CNc2cc(Cl)c(Cl)cc2Cl)cc1F. The van der Waals surface area contributed by atoms with Crippen molar-refractivity contribution in [1.82, 2.24) is 0 Å². The maximum absolute atomic E-state index is 13.0. The van der Waals surface area contributed by atoms with Crippen LogP contribution >= 0.6 is 34.8 Å². The van der Waals surface area contributed by atoms with Gasteiger partial charge in [-0.25, -0.2) is 8.78 Å². The third-order valence-electron chi connectivity index (χ3n) is 2.48. The summed E-state index contributed by atoms with van der Waals surface area (Å²) in [6.07, 6.45) is 0. The van der Waals surface area contributed by atoms with Crippen molar-refractivity contribution in [3.05, 3.63) is 62.6 Å². The summed E-state index contributed by atoms with van der Waals surface area (Å²) in [6, 6.07) is 6.76. The second-order valence-electron chi connectivity index (χ2n) is 3.85. The van der Waals surface area contributed by atoms with E-state index >= 15 is 0 Å². The van der Waals surface area contributed by atoms with Crippen LogP contribution in [0.3, 0.4) is 0 Å². The Kier molecular flexibility index (Phi) is 4.50. The first kappa shape index (κ1) is 14.4. The van der Waals surface area contributed by atoms with Crippen LogP contribution in [0.15, 0.2) is 30.3 Å². The molecule has 100 valence electrons. The second kappa shape index (κ2) is 5.95. The molecule has 0 radical (unpaired) electrons. The lowest BCUT2D eigenvalue weighted by Crippen LogP contribution is -2.01. The third-order valence-corrected chi connectivity index (χ3v) is 3.51. The summed E-state index contributed by atoms with van der Waals surface area (Å²) >= 11 is 17.7. The van der Waals surface area contributed by atoms with Gasteiger partial charge >= 0.3 is 0 Å². The summed E-state index contributed by atoms with van der Waals surface area (Å²) < 4.78 is 25.8. The minimum absolute atomic E-state index is 0.287. The highest BCUT2D eigenvalue weighted by Gasteiger charge is 2.07. The lowest BCUT2D eigenvalue weighted by atomic mass is 10.2. The molecule has 6 heteroatoms. The first-order valence-corrected chi connectivity index (χ1v) is 6.43. The third kappa shape index (κ3) is 3.50. The van der Waals surface area contributed by atoms with Gasteiger partial charge in [0.15, 0.2) is 11.6 Å². The zero-order valence-electron chi connectivity index (χ0n) is 9.48. The molecule has 0 atom stereocenters. The molecule has 0 fully saturated rings. The first-order valence-electron chi connectivity index (χ1n) is 5.29. The van der Waals surface area contributed by atoms with E-state index in [0.717, 1.165) is 12.1 Å². The van der Waals surface area contributed by atoms with Gasteiger partial charge in [-0.05, 0) is 29.8 Å². The monoisotopic (exact) mass is 321 g/mol. The molecule has 0 saturated heterocycles. The predicted molar refractivity (Wildman–Crippen MR) is 75.2 cm³/mol. The van der Waals surface area contributed by atoms with Crippen LogP contribution in [0.5, 0.6) is 0 Å². The van der Waals surface area contributed by atoms with Crippen LogP contribution in [-0.4, -0.2) is 0 Å². The highest BCUT2D eigenvalue weighted by atomic mass is 35.5. The van der Waals surface area contributed by atoms with Crippen LogP contribution in [0.4, 0.5) is 14.5 Å². The quantitative estimate of drug-likeness (QED) is 0.732. The molecule has 0 aliphatic carbocycles. The van der Waals surface area contributed by atoms with E-state index in [1.54, 1.807) is 6.07 Å². The van der Waals surface area contributed by atoms with Gasteiger partial charge < -0.3 is 5.32 Å². The van der Waals surface area contributed by atoms with E-state index < -0.39 is 11.6 Å². The van der Waals surface area contributed by atoms with E-state index in [1.807, 2.05) is 0 Å². The normalized spacial score (nSPS) is 10.6. The van der Waals surface area contributed by atoms with Gasteiger partial charge in [0, 0.05) is 6.54 Å². The van der Waals surface area contributed by atoms with Gasteiger partial charge in [0.2, 0.25) is 0 Å². The molecule has 2 rings (SSSR count). The Morgan fingerprint density at radius 2 is 1.53 bits per heavy atom. The summed E-state index contributed by atoms with van der Waals surface area (Å²) in [4.78, 5) is 0. The molecule has 0 unspecified atom stereocenters. The topological polar surface area (TPSA) is 12.0 Å². The number of halogens is 5. The lowest BCUT2D eigenvalue weighted by molar-refractivity contribution is 0.507. The van der Waals surface area contributed by atoms with Crippen molar-refractivity contribution in [3.63, 3.8) is 0 Å². The van der Waals surface area contributed by atoms with Gasteiger partial charge in [-0.15, -0.1) is 0 Å². The van der Waals surface area contributed by atoms with Gasteiger partial charge in [-0.1, -0.05) is 40.9 Å². The Labute approximate surface area is 124 Å². The minimum atomic E-state index is -0.889. The number of anilines is 1. The fourth-order valence-corrected chi connectivity index (χ4v) is 2.12. The molecule has 19 heavy (non-hydrogen) atoms. The zero-order chi connectivity index (χ0) is 14.0. The van der Waals surface area contributed by atoms with Crippen LogP contribution in [0.2, 0.25) is 15.1 Å². The van der Waals surface area contributed by atoms with E-state index in [1.165, 1.54) is 12.1 Å². The first-order chi connectivity index (χ1) is 8.97. The summed E-state index contributed by atoms with van der Waals surface area (Å²) in [7, 11) is 0. The number of hydrogen-bond acceptors (Lipinski definition) is 1. The van der Waals surface area contributed by atoms with E-state index in [4.69, 9.17) is 34.8 Å². The molecule has 0 aliphatic heterocycles. The molecule has 0 bridgehead atoms. The van der Waals surface area contributed by atoms with E-state index in [9.17, 15) is 8.78 Å². The Morgan fingerprint density at radius 3 is 2.21 bits per heavy atom. The molecule has 0 amide bonds. The van der Waals surface area contributed by atoms with Crippen molar-refractivity contribution in [2.24, 2.45) is 0 Å². The van der Waals surface area contributed by atoms with Crippen molar-refractivity contribution in [2.45, 2.75) is 6.54 Å². The van der Waals surface area contributed by atoms with Crippen LogP contribution in [-0.2, 0) is 6.54 Å². The van der Waals surface area contributed by atoms with Crippen molar-refractivity contribution in [1.29, 1.82) is 0 Å². The van der Waals surface area contributed by atoms with E-state index in [2.05, 4.69) is 5.32 Å². The maximum Gasteiger partial charge on any atom is 0.159 e. The molecule has 0 aliphatic rings. The molecule has 1 nitrogen and oxygen atoms in total. The van der Waals surface area contributed by atoms with E-state index in [0.29, 0.717) is 26.3 Å². The van der Waals surface area contributed by atoms with Gasteiger partial charge in [0.05, 0.1) is 20.8 Å². The van der Waals surface area contributed by atoms with Gasteiger partial charge in [-0.2, -0.15) is 0 Å². The molecular formula is C13H8Cl3F2N. The fourth-order valence-electron chi connectivity index (χ4n) is 1.50. The van der Waals surface area contributed by atoms with Gasteiger partial charge in [0.1, 0.15) is 0 Å². The molecule has 0 spiro atoms. The minimum Gasteiger partial charge on any atom is -0.380 e. The second-order valence-corrected chi connectivity index (χ2v) is 5.07. The molecule has 2 aromatic rings. The average Bonchev–Trinajstić information content (AvgIpc) is 2.36. The average molecular weight is 323 g/mol. The molecule has 2 aromatic carbocycles. The molecule has 0 heterocycles. The van der Waals surface area contributed by atoms with Crippen molar-refractivity contribution in [2.75, 3.05) is 5.32 Å². The smallest absolute Gasteiger partial charge is 0.159 e. The van der Waals surface area contributed by atoms with Crippen molar-refractivity contribution in [3.8, 4) is 0 Å². The van der Waals surface area contributed by atoms with Gasteiger partial charge in [0.25, 0.3) is 0 Å². The number of benzene rings is 2. The van der Waals surface area contributed by atoms with Crippen LogP contribution in [0.25, 0.3) is 0 Å². The largest absolute Gasteiger partial charge is 0.380 e. The number of nitrogens with one attached hydrogen (secondary N) is 1. The summed E-state index contributed by atoms with van der Waals surface area (Å²) in [6.45, 7) is 0.287. The molecule has 0 aromatic heterocycles. The summed E-state index contributed by atoms with van der Waals surface area (Å²) in [5.74, 6) is -1.77. The molecule has 0 saturated carbocycles.